The summed E-state index contributed by atoms with van der Waals surface area (Å²) in [6.45, 7) is 0.555. The van der Waals surface area contributed by atoms with Gasteiger partial charge in [-0.25, -0.2) is 13.5 Å². The van der Waals surface area contributed by atoms with Crippen molar-refractivity contribution in [1.82, 2.24) is 14.7 Å². The maximum absolute atomic E-state index is 14.1. The van der Waals surface area contributed by atoms with Crippen molar-refractivity contribution in [2.75, 3.05) is 25.5 Å². The van der Waals surface area contributed by atoms with Crippen LogP contribution in [0.2, 0.25) is 0 Å². The molecular formula is C22H22F2N4O. The van der Waals surface area contributed by atoms with E-state index in [0.717, 1.165) is 36.2 Å². The lowest BCUT2D eigenvalue weighted by Crippen LogP contribution is -2.42. The van der Waals surface area contributed by atoms with Crippen molar-refractivity contribution in [3.8, 4) is 5.69 Å². The Morgan fingerprint density at radius 2 is 1.93 bits per heavy atom. The zero-order valence-corrected chi connectivity index (χ0v) is 16.3. The molecule has 0 saturated heterocycles. The summed E-state index contributed by atoms with van der Waals surface area (Å²) in [6, 6.07) is 11.4. The van der Waals surface area contributed by atoms with Gasteiger partial charge in [0.15, 0.2) is 5.82 Å². The van der Waals surface area contributed by atoms with Crippen LogP contribution in [0.4, 0.5) is 14.5 Å². The number of rotatable bonds is 3. The largest absolute Gasteiger partial charge is 0.306 e. The van der Waals surface area contributed by atoms with Crippen LogP contribution in [0.3, 0.4) is 0 Å². The number of hydrogen-bond acceptors (Lipinski definition) is 3. The van der Waals surface area contributed by atoms with Crippen LogP contribution >= 0.6 is 0 Å². The fourth-order valence-corrected chi connectivity index (χ4v) is 3.71. The van der Waals surface area contributed by atoms with Crippen LogP contribution in [0.15, 0.2) is 54.9 Å². The summed E-state index contributed by atoms with van der Waals surface area (Å²) >= 11 is 0. The Morgan fingerprint density at radius 1 is 1.14 bits per heavy atom. The quantitative estimate of drug-likeness (QED) is 0.678. The van der Waals surface area contributed by atoms with E-state index in [9.17, 15) is 13.6 Å². The molecule has 2 heterocycles. The number of carbonyl (C=O) groups excluding carboxylic acids is 1. The Bertz CT molecular complexity index is 1050. The molecule has 1 aromatic heterocycles. The highest BCUT2D eigenvalue weighted by Gasteiger charge is 2.28. The fourth-order valence-electron chi connectivity index (χ4n) is 3.71. The van der Waals surface area contributed by atoms with E-state index >= 15 is 0 Å². The molecule has 2 aromatic carbocycles. The molecule has 0 fully saturated rings. The second-order valence-electron chi connectivity index (χ2n) is 7.47. The van der Waals surface area contributed by atoms with Crippen LogP contribution in [-0.2, 0) is 6.42 Å². The number of amides is 1. The van der Waals surface area contributed by atoms with Crippen molar-refractivity contribution in [3.05, 3.63) is 77.6 Å². The zero-order chi connectivity index (χ0) is 20.5. The second-order valence-corrected chi connectivity index (χ2v) is 7.47. The standard InChI is InChI=1S/C22H22F2N4O/c1-26(2)18-9-7-15-5-3-4-6-20(15)27(14-18)22(29)16-12-25-28(13-16)21-10-8-17(23)11-19(21)24/h3-6,8,10-13,18H,7,9,14H2,1-2H3. The van der Waals surface area contributed by atoms with E-state index in [0.29, 0.717) is 12.1 Å². The van der Waals surface area contributed by atoms with Crippen molar-refractivity contribution >= 4 is 11.6 Å². The van der Waals surface area contributed by atoms with Gasteiger partial charge in [-0.2, -0.15) is 5.10 Å². The number of likely N-dealkylation sites (N-methyl/N-ethyl adjacent to an activating group) is 1. The lowest BCUT2D eigenvalue weighted by atomic mass is 10.1. The van der Waals surface area contributed by atoms with Crippen LogP contribution < -0.4 is 4.90 Å². The second kappa shape index (κ2) is 7.75. The first-order valence-electron chi connectivity index (χ1n) is 9.50. The minimum atomic E-state index is -0.736. The summed E-state index contributed by atoms with van der Waals surface area (Å²) in [7, 11) is 4.03. The van der Waals surface area contributed by atoms with Gasteiger partial charge >= 0.3 is 0 Å². The highest BCUT2D eigenvalue weighted by atomic mass is 19.1. The third-order valence-corrected chi connectivity index (χ3v) is 5.38. The summed E-state index contributed by atoms with van der Waals surface area (Å²) < 4.78 is 28.5. The van der Waals surface area contributed by atoms with Gasteiger partial charge in [-0.1, -0.05) is 18.2 Å². The average molecular weight is 396 g/mol. The van der Waals surface area contributed by atoms with Gasteiger partial charge in [0.2, 0.25) is 0 Å². The lowest BCUT2D eigenvalue weighted by molar-refractivity contribution is 0.0979. The van der Waals surface area contributed by atoms with Crippen molar-refractivity contribution in [1.29, 1.82) is 0 Å². The molecule has 0 N–H and O–H groups in total. The summed E-state index contributed by atoms with van der Waals surface area (Å²) in [6.07, 6.45) is 4.75. The molecule has 4 rings (SSSR count). The summed E-state index contributed by atoms with van der Waals surface area (Å²) in [4.78, 5) is 17.3. The fraction of sp³-hybridized carbons (Fsp3) is 0.273. The molecule has 0 saturated carbocycles. The van der Waals surface area contributed by atoms with Gasteiger partial charge < -0.3 is 9.80 Å². The summed E-state index contributed by atoms with van der Waals surface area (Å²) in [5.74, 6) is -1.59. The summed E-state index contributed by atoms with van der Waals surface area (Å²) in [5, 5.41) is 4.12. The monoisotopic (exact) mass is 396 g/mol. The van der Waals surface area contributed by atoms with Crippen molar-refractivity contribution in [2.45, 2.75) is 18.9 Å². The summed E-state index contributed by atoms with van der Waals surface area (Å²) in [5.41, 5.74) is 2.46. The van der Waals surface area contributed by atoms with Gasteiger partial charge in [-0.3, -0.25) is 4.79 Å². The van der Waals surface area contributed by atoms with Gasteiger partial charge in [0, 0.05) is 30.5 Å². The molecule has 1 aliphatic heterocycles. The molecule has 150 valence electrons. The molecule has 5 nitrogen and oxygen atoms in total. The van der Waals surface area contributed by atoms with Gasteiger partial charge in [0.25, 0.3) is 5.91 Å². The SMILES string of the molecule is CN(C)C1CCc2ccccc2N(C(=O)c2cnn(-c3ccc(F)cc3F)c2)C1. The Balaban J connectivity index is 1.68. The number of halogens is 2. The third-order valence-electron chi connectivity index (χ3n) is 5.38. The number of benzene rings is 2. The number of carbonyl (C=O) groups is 1. The molecule has 0 bridgehead atoms. The number of aromatic nitrogens is 2. The third kappa shape index (κ3) is 3.78. The molecule has 0 radical (unpaired) electrons. The van der Waals surface area contributed by atoms with Crippen LogP contribution in [0, 0.1) is 11.6 Å². The molecule has 1 unspecified atom stereocenters. The van der Waals surface area contributed by atoms with Crippen LogP contribution in [0.5, 0.6) is 0 Å². The number of para-hydroxylation sites is 1. The Kier molecular flexibility index (Phi) is 5.15. The maximum Gasteiger partial charge on any atom is 0.261 e. The highest BCUT2D eigenvalue weighted by molar-refractivity contribution is 6.06. The number of nitrogens with zero attached hydrogens (tertiary/aromatic N) is 4. The van der Waals surface area contributed by atoms with Crippen LogP contribution in [0.1, 0.15) is 22.3 Å². The van der Waals surface area contributed by atoms with Crippen LogP contribution in [0.25, 0.3) is 5.69 Å². The molecule has 29 heavy (non-hydrogen) atoms. The molecule has 1 aliphatic rings. The first-order valence-corrected chi connectivity index (χ1v) is 9.50. The Labute approximate surface area is 168 Å². The van der Waals surface area contributed by atoms with Crippen molar-refractivity contribution in [2.24, 2.45) is 0 Å². The number of anilines is 1. The van der Waals surface area contributed by atoms with E-state index in [2.05, 4.69) is 10.00 Å². The molecule has 0 spiro atoms. The molecule has 1 amide bonds. The number of fused-ring (bicyclic) bond motifs is 1. The van der Waals surface area contributed by atoms with E-state index in [-0.39, 0.29) is 17.6 Å². The number of aryl methyl sites for hydroxylation is 1. The van der Waals surface area contributed by atoms with E-state index < -0.39 is 11.6 Å². The number of hydrogen-bond donors (Lipinski definition) is 0. The molecule has 3 aromatic rings. The van der Waals surface area contributed by atoms with Gasteiger partial charge in [0.1, 0.15) is 11.5 Å². The molecule has 7 heteroatoms. The van der Waals surface area contributed by atoms with E-state index in [1.54, 1.807) is 4.90 Å². The van der Waals surface area contributed by atoms with Crippen LogP contribution in [-0.4, -0.2) is 47.3 Å². The first kappa shape index (κ1) is 19.3. The highest BCUT2D eigenvalue weighted by Crippen LogP contribution is 2.29. The average Bonchev–Trinajstić information content (AvgIpc) is 3.09. The minimum Gasteiger partial charge on any atom is -0.306 e. The minimum absolute atomic E-state index is 0.0906. The normalized spacial score (nSPS) is 16.6. The van der Waals surface area contributed by atoms with Gasteiger partial charge in [-0.15, -0.1) is 0 Å². The van der Waals surface area contributed by atoms with Crippen molar-refractivity contribution < 1.29 is 13.6 Å². The molecular weight excluding hydrogens is 374 g/mol. The van der Waals surface area contributed by atoms with Gasteiger partial charge in [-0.05, 0) is 50.7 Å². The van der Waals surface area contributed by atoms with E-state index in [1.807, 2.05) is 38.4 Å². The maximum atomic E-state index is 14.1. The molecule has 1 atom stereocenters. The van der Waals surface area contributed by atoms with E-state index in [4.69, 9.17) is 0 Å². The zero-order valence-electron chi connectivity index (χ0n) is 16.3. The first-order chi connectivity index (χ1) is 13.9. The predicted octanol–water partition coefficient (Wildman–Crippen LogP) is 3.67. The van der Waals surface area contributed by atoms with Crippen molar-refractivity contribution in [3.63, 3.8) is 0 Å². The smallest absolute Gasteiger partial charge is 0.261 e. The van der Waals surface area contributed by atoms with Gasteiger partial charge in [0.05, 0.1) is 11.8 Å². The topological polar surface area (TPSA) is 41.4 Å². The lowest BCUT2D eigenvalue weighted by Gasteiger charge is -2.29. The Hall–Kier alpha value is -3.06. The predicted molar refractivity (Wildman–Crippen MR) is 107 cm³/mol. The Morgan fingerprint density at radius 3 is 2.69 bits per heavy atom. The van der Waals surface area contributed by atoms with E-state index in [1.165, 1.54) is 23.1 Å². The molecule has 0 aliphatic carbocycles.